The van der Waals surface area contributed by atoms with Crippen molar-refractivity contribution in [2.75, 3.05) is 0 Å². The van der Waals surface area contributed by atoms with Crippen LogP contribution in [0.1, 0.15) is 82.3 Å². The lowest BCUT2D eigenvalue weighted by molar-refractivity contribution is 0.249. The first-order valence-electron chi connectivity index (χ1n) is 12.1. The maximum atomic E-state index is 14.8. The molecule has 0 saturated heterocycles. The van der Waals surface area contributed by atoms with Gasteiger partial charge in [0.25, 0.3) is 0 Å². The standard InChI is InChI=1S/C28H32F4/c1-2-3-4-18-5-7-19(8-6-18)9-10-20-11-12-21-14-24(25(29)15-22(21)13-20)23-16-26(30)28(32)27(31)17-23/h13-19H,2-12H2,1H3. The first-order chi connectivity index (χ1) is 15.4. The fourth-order valence-electron chi connectivity index (χ4n) is 5.39. The van der Waals surface area contributed by atoms with Gasteiger partial charge in [0.2, 0.25) is 0 Å². The van der Waals surface area contributed by atoms with Crippen molar-refractivity contribution in [2.24, 2.45) is 11.8 Å². The van der Waals surface area contributed by atoms with E-state index in [0.717, 1.165) is 54.4 Å². The third kappa shape index (κ3) is 5.27. The van der Waals surface area contributed by atoms with Crippen LogP contribution in [0.3, 0.4) is 0 Å². The van der Waals surface area contributed by atoms with Crippen LogP contribution in [-0.2, 0) is 6.42 Å². The van der Waals surface area contributed by atoms with Crippen molar-refractivity contribution in [1.29, 1.82) is 0 Å². The van der Waals surface area contributed by atoms with E-state index >= 15 is 0 Å². The molecule has 0 atom stereocenters. The predicted octanol–water partition coefficient (Wildman–Crippen LogP) is 9.02. The molecule has 172 valence electrons. The molecule has 0 amide bonds. The Balaban J connectivity index is 1.41. The summed E-state index contributed by atoms with van der Waals surface area (Å²) in [5.74, 6) is -2.96. The summed E-state index contributed by atoms with van der Waals surface area (Å²) >= 11 is 0. The van der Waals surface area contributed by atoms with E-state index in [2.05, 4.69) is 13.0 Å². The van der Waals surface area contributed by atoms with Gasteiger partial charge in [-0.3, -0.25) is 0 Å². The summed E-state index contributed by atoms with van der Waals surface area (Å²) in [4.78, 5) is 0. The Morgan fingerprint density at radius 2 is 1.44 bits per heavy atom. The second-order valence-electron chi connectivity index (χ2n) is 9.65. The van der Waals surface area contributed by atoms with Crippen LogP contribution in [0.15, 0.2) is 29.8 Å². The molecule has 0 nitrogen and oxygen atoms in total. The van der Waals surface area contributed by atoms with Gasteiger partial charge in [0, 0.05) is 5.56 Å². The molecule has 2 aliphatic rings. The molecule has 0 aliphatic heterocycles. The van der Waals surface area contributed by atoms with Crippen molar-refractivity contribution in [3.8, 4) is 11.1 Å². The molecule has 2 aliphatic carbocycles. The third-order valence-electron chi connectivity index (χ3n) is 7.40. The first kappa shape index (κ1) is 23.1. The molecule has 2 aromatic rings. The Kier molecular flexibility index (Phi) is 7.37. The number of hydrogen-bond acceptors (Lipinski definition) is 0. The monoisotopic (exact) mass is 444 g/mol. The molecule has 2 aromatic carbocycles. The highest BCUT2D eigenvalue weighted by Crippen LogP contribution is 2.37. The number of aryl methyl sites for hydroxylation is 1. The number of allylic oxidation sites excluding steroid dienone is 1. The summed E-state index contributed by atoms with van der Waals surface area (Å²) in [6.45, 7) is 2.26. The minimum absolute atomic E-state index is 0.0195. The van der Waals surface area contributed by atoms with Crippen molar-refractivity contribution >= 4 is 6.08 Å². The van der Waals surface area contributed by atoms with Crippen molar-refractivity contribution in [3.05, 3.63) is 64.2 Å². The van der Waals surface area contributed by atoms with E-state index in [1.807, 2.05) is 0 Å². The molecule has 0 aromatic heterocycles. The topological polar surface area (TPSA) is 0 Å². The van der Waals surface area contributed by atoms with Crippen LogP contribution in [0.5, 0.6) is 0 Å². The second-order valence-corrected chi connectivity index (χ2v) is 9.65. The highest BCUT2D eigenvalue weighted by Gasteiger charge is 2.22. The van der Waals surface area contributed by atoms with Gasteiger partial charge in [-0.2, -0.15) is 0 Å². The summed E-state index contributed by atoms with van der Waals surface area (Å²) in [6.07, 6.45) is 15.5. The van der Waals surface area contributed by atoms with Gasteiger partial charge in [0.1, 0.15) is 5.82 Å². The van der Waals surface area contributed by atoms with Gasteiger partial charge in [-0.05, 0) is 78.5 Å². The van der Waals surface area contributed by atoms with E-state index < -0.39 is 23.3 Å². The average Bonchev–Trinajstić information content (AvgIpc) is 2.79. The van der Waals surface area contributed by atoms with Gasteiger partial charge in [0.15, 0.2) is 17.5 Å². The molecule has 1 saturated carbocycles. The third-order valence-corrected chi connectivity index (χ3v) is 7.40. The number of rotatable bonds is 7. The molecule has 4 rings (SSSR count). The van der Waals surface area contributed by atoms with E-state index in [4.69, 9.17) is 0 Å². The van der Waals surface area contributed by atoms with Crippen molar-refractivity contribution in [3.63, 3.8) is 0 Å². The Morgan fingerprint density at radius 3 is 2.09 bits per heavy atom. The minimum Gasteiger partial charge on any atom is -0.206 e. The van der Waals surface area contributed by atoms with Crippen LogP contribution in [0.25, 0.3) is 17.2 Å². The van der Waals surface area contributed by atoms with E-state index in [-0.39, 0.29) is 11.1 Å². The largest absolute Gasteiger partial charge is 0.206 e. The number of fused-ring (bicyclic) bond motifs is 1. The summed E-state index contributed by atoms with van der Waals surface area (Å²) in [5.41, 5.74) is 3.30. The van der Waals surface area contributed by atoms with Crippen molar-refractivity contribution < 1.29 is 17.6 Å². The fraction of sp³-hybridized carbons (Fsp3) is 0.500. The predicted molar refractivity (Wildman–Crippen MR) is 122 cm³/mol. The molecule has 4 heteroatoms. The number of unbranched alkanes of at least 4 members (excludes halogenated alkanes) is 1. The molecule has 0 radical (unpaired) electrons. The molecule has 0 bridgehead atoms. The Morgan fingerprint density at radius 1 is 0.781 bits per heavy atom. The Bertz CT molecular complexity index is 960. The lowest BCUT2D eigenvalue weighted by Gasteiger charge is -2.29. The molecule has 0 unspecified atom stereocenters. The van der Waals surface area contributed by atoms with E-state index in [9.17, 15) is 17.6 Å². The van der Waals surface area contributed by atoms with Gasteiger partial charge in [-0.15, -0.1) is 0 Å². The van der Waals surface area contributed by atoms with Gasteiger partial charge < -0.3 is 0 Å². The summed E-state index contributed by atoms with van der Waals surface area (Å²) in [5, 5.41) is 0. The number of halogens is 4. The van der Waals surface area contributed by atoms with Crippen LogP contribution in [0.2, 0.25) is 0 Å². The number of benzene rings is 2. The quantitative estimate of drug-likeness (QED) is 0.295. The maximum absolute atomic E-state index is 14.8. The Labute approximate surface area is 188 Å². The molecule has 0 heterocycles. The lowest BCUT2D eigenvalue weighted by atomic mass is 9.77. The Hall–Kier alpha value is -2.10. The smallest absolute Gasteiger partial charge is 0.194 e. The summed E-state index contributed by atoms with van der Waals surface area (Å²) in [6, 6.07) is 4.80. The first-order valence-corrected chi connectivity index (χ1v) is 12.1. The minimum atomic E-state index is -1.53. The van der Waals surface area contributed by atoms with Gasteiger partial charge in [-0.25, -0.2) is 17.6 Å². The molecular weight excluding hydrogens is 412 g/mol. The van der Waals surface area contributed by atoms with Crippen LogP contribution >= 0.6 is 0 Å². The SMILES string of the molecule is CCCCC1CCC(CCC2=Cc3cc(F)c(-c4cc(F)c(F)c(F)c4)cc3CC2)CC1. The lowest BCUT2D eigenvalue weighted by Crippen LogP contribution is -2.15. The van der Waals surface area contributed by atoms with E-state index in [0.29, 0.717) is 0 Å². The zero-order chi connectivity index (χ0) is 22.7. The maximum Gasteiger partial charge on any atom is 0.194 e. The van der Waals surface area contributed by atoms with Crippen LogP contribution < -0.4 is 0 Å². The van der Waals surface area contributed by atoms with Gasteiger partial charge in [-0.1, -0.05) is 63.5 Å². The zero-order valence-electron chi connectivity index (χ0n) is 18.8. The fourth-order valence-corrected chi connectivity index (χ4v) is 5.39. The molecule has 0 spiro atoms. The van der Waals surface area contributed by atoms with E-state index in [1.165, 1.54) is 63.0 Å². The van der Waals surface area contributed by atoms with Gasteiger partial charge in [0.05, 0.1) is 0 Å². The van der Waals surface area contributed by atoms with Crippen LogP contribution in [-0.4, -0.2) is 0 Å². The summed E-state index contributed by atoms with van der Waals surface area (Å²) < 4.78 is 55.3. The zero-order valence-corrected chi connectivity index (χ0v) is 18.8. The summed E-state index contributed by atoms with van der Waals surface area (Å²) in [7, 11) is 0. The molecular formula is C28H32F4. The van der Waals surface area contributed by atoms with Crippen LogP contribution in [0.4, 0.5) is 17.6 Å². The van der Waals surface area contributed by atoms with Crippen molar-refractivity contribution in [1.82, 2.24) is 0 Å². The van der Waals surface area contributed by atoms with Crippen LogP contribution in [0, 0.1) is 35.1 Å². The normalized spacial score (nSPS) is 20.7. The van der Waals surface area contributed by atoms with Gasteiger partial charge >= 0.3 is 0 Å². The molecule has 1 fully saturated rings. The second kappa shape index (κ2) is 10.2. The number of hydrogen-bond donors (Lipinski definition) is 0. The average molecular weight is 445 g/mol. The van der Waals surface area contributed by atoms with Crippen molar-refractivity contribution in [2.45, 2.75) is 77.6 Å². The molecule has 0 N–H and O–H groups in total. The highest BCUT2D eigenvalue weighted by atomic mass is 19.2. The highest BCUT2D eigenvalue weighted by molar-refractivity contribution is 5.70. The van der Waals surface area contributed by atoms with E-state index in [1.54, 1.807) is 6.07 Å². The molecule has 32 heavy (non-hydrogen) atoms.